The number of rotatable bonds is 7. The van der Waals surface area contributed by atoms with Crippen molar-refractivity contribution in [3.8, 4) is 0 Å². The molecule has 0 aliphatic carbocycles. The minimum atomic E-state index is -2.41. The highest BCUT2D eigenvalue weighted by molar-refractivity contribution is 6.99. The van der Waals surface area contributed by atoms with E-state index >= 15 is 0 Å². The fourth-order valence-electron chi connectivity index (χ4n) is 3.23. The van der Waals surface area contributed by atoms with E-state index in [0.717, 1.165) is 6.42 Å². The predicted molar refractivity (Wildman–Crippen MR) is 104 cm³/mol. The molecule has 0 radical (unpaired) electrons. The number of aliphatic hydroxyl groups is 1. The molecule has 2 aromatic rings. The summed E-state index contributed by atoms with van der Waals surface area (Å²) in [6, 6.07) is 21.3. The molecule has 0 unspecified atom stereocenters. The molecule has 3 heteroatoms. The molecule has 24 heavy (non-hydrogen) atoms. The lowest BCUT2D eigenvalue weighted by atomic mass is 10.2. The van der Waals surface area contributed by atoms with Gasteiger partial charge in [-0.05, 0) is 21.8 Å². The van der Waals surface area contributed by atoms with Crippen LogP contribution in [-0.2, 0) is 4.43 Å². The summed E-state index contributed by atoms with van der Waals surface area (Å²) in [7, 11) is -2.41. The zero-order chi connectivity index (χ0) is 17.5. The summed E-state index contributed by atoms with van der Waals surface area (Å²) in [5.74, 6) is 0. The Morgan fingerprint density at radius 2 is 1.38 bits per heavy atom. The van der Waals surface area contributed by atoms with Crippen molar-refractivity contribution in [3.63, 3.8) is 0 Å². The van der Waals surface area contributed by atoms with Gasteiger partial charge in [-0.15, -0.1) is 0 Å². The van der Waals surface area contributed by atoms with Gasteiger partial charge in [0.2, 0.25) is 0 Å². The molecule has 0 aliphatic rings. The lowest BCUT2D eigenvalue weighted by Crippen LogP contribution is -2.66. The van der Waals surface area contributed by atoms with Crippen molar-refractivity contribution in [2.45, 2.75) is 32.2 Å². The average Bonchev–Trinajstić information content (AvgIpc) is 2.59. The summed E-state index contributed by atoms with van der Waals surface area (Å²) in [6.45, 7) is 7.58. The summed E-state index contributed by atoms with van der Waals surface area (Å²) in [6.07, 6.45) is 4.57. The largest absolute Gasteiger partial charge is 0.407 e. The topological polar surface area (TPSA) is 29.5 Å². The number of hydrogen-bond acceptors (Lipinski definition) is 2. The molecule has 0 heterocycles. The van der Waals surface area contributed by atoms with Crippen molar-refractivity contribution in [1.82, 2.24) is 0 Å². The Kier molecular flexibility index (Phi) is 6.55. The van der Waals surface area contributed by atoms with Gasteiger partial charge in [-0.2, -0.15) is 0 Å². The summed E-state index contributed by atoms with van der Waals surface area (Å²) in [5.41, 5.74) is 0. The Balaban J connectivity index is 2.47. The zero-order valence-electron chi connectivity index (χ0n) is 14.9. The molecule has 2 nitrogen and oxygen atoms in total. The molecule has 0 aliphatic heterocycles. The van der Waals surface area contributed by atoms with Gasteiger partial charge in [0.25, 0.3) is 8.32 Å². The molecule has 128 valence electrons. The molecule has 2 rings (SSSR count). The van der Waals surface area contributed by atoms with Crippen LogP contribution in [0.5, 0.6) is 0 Å². The Labute approximate surface area is 146 Å². The maximum Gasteiger partial charge on any atom is 0.261 e. The maximum absolute atomic E-state index is 8.89. The first-order chi connectivity index (χ1) is 11.5. The van der Waals surface area contributed by atoms with E-state index in [1.807, 2.05) is 6.08 Å². The van der Waals surface area contributed by atoms with Crippen LogP contribution in [0.1, 0.15) is 27.2 Å². The van der Waals surface area contributed by atoms with Crippen LogP contribution >= 0.6 is 0 Å². The molecule has 0 fully saturated rings. The van der Waals surface area contributed by atoms with Gasteiger partial charge < -0.3 is 9.53 Å². The van der Waals surface area contributed by atoms with Crippen LogP contribution in [0, 0.1) is 0 Å². The summed E-state index contributed by atoms with van der Waals surface area (Å²) in [5, 5.41) is 11.5. The average molecular weight is 341 g/mol. The fraction of sp³-hybridized carbons (Fsp3) is 0.333. The van der Waals surface area contributed by atoms with E-state index in [1.54, 1.807) is 6.08 Å². The molecule has 0 spiro atoms. The fourth-order valence-corrected chi connectivity index (χ4v) is 7.81. The van der Waals surface area contributed by atoms with Gasteiger partial charge in [0.05, 0.1) is 6.61 Å². The van der Waals surface area contributed by atoms with Gasteiger partial charge in [0, 0.05) is 6.61 Å². The molecule has 0 saturated heterocycles. The first kappa shape index (κ1) is 18.7. The van der Waals surface area contributed by atoms with Gasteiger partial charge in [0.1, 0.15) is 0 Å². The number of hydrogen-bond donors (Lipinski definition) is 1. The first-order valence-corrected chi connectivity index (χ1v) is 10.4. The Hall–Kier alpha value is -1.68. The Morgan fingerprint density at radius 3 is 1.79 bits per heavy atom. The lowest BCUT2D eigenvalue weighted by Gasteiger charge is -2.43. The van der Waals surface area contributed by atoms with Crippen LogP contribution in [0.4, 0.5) is 0 Å². The van der Waals surface area contributed by atoms with Crippen molar-refractivity contribution in [2.24, 2.45) is 0 Å². The highest BCUT2D eigenvalue weighted by Gasteiger charge is 2.49. The van der Waals surface area contributed by atoms with Gasteiger partial charge in [-0.25, -0.2) is 0 Å². The third-order valence-corrected chi connectivity index (χ3v) is 9.33. The van der Waals surface area contributed by atoms with Gasteiger partial charge >= 0.3 is 0 Å². The third-order valence-electron chi connectivity index (χ3n) is 4.29. The van der Waals surface area contributed by atoms with Crippen LogP contribution in [-0.4, -0.2) is 26.6 Å². The van der Waals surface area contributed by atoms with E-state index in [2.05, 4.69) is 81.4 Å². The molecule has 0 amide bonds. The standard InChI is InChI=1S/C21H28O2Si/c1-21(2,3)24(19-13-7-4-8-14-19,20-15-9-5-10-16-20)23-18-12-6-11-17-22/h4-11,13-16,22H,12,17-18H2,1-3H3/b11-6+. The molecule has 0 aromatic heterocycles. The first-order valence-electron chi connectivity index (χ1n) is 8.53. The Morgan fingerprint density at radius 1 is 0.875 bits per heavy atom. The molecule has 1 N–H and O–H groups in total. The van der Waals surface area contributed by atoms with Crippen molar-refractivity contribution in [1.29, 1.82) is 0 Å². The summed E-state index contributed by atoms with van der Waals surface area (Å²) in [4.78, 5) is 0. The van der Waals surface area contributed by atoms with E-state index in [0.29, 0.717) is 6.61 Å². The minimum Gasteiger partial charge on any atom is -0.407 e. The molecular weight excluding hydrogens is 312 g/mol. The van der Waals surface area contributed by atoms with Gasteiger partial charge in [-0.3, -0.25) is 0 Å². The van der Waals surface area contributed by atoms with Crippen molar-refractivity contribution in [3.05, 3.63) is 72.8 Å². The predicted octanol–water partition coefficient (Wildman–Crippen LogP) is 3.50. The van der Waals surface area contributed by atoms with Gasteiger partial charge in [-0.1, -0.05) is 93.6 Å². The van der Waals surface area contributed by atoms with Crippen LogP contribution in [0.2, 0.25) is 5.04 Å². The van der Waals surface area contributed by atoms with Gasteiger partial charge in [0.15, 0.2) is 0 Å². The second-order valence-electron chi connectivity index (χ2n) is 6.95. The van der Waals surface area contributed by atoms with E-state index in [1.165, 1.54) is 10.4 Å². The molecule has 0 atom stereocenters. The second kappa shape index (κ2) is 8.43. The molecule has 0 bridgehead atoms. The van der Waals surface area contributed by atoms with Crippen LogP contribution in [0.25, 0.3) is 0 Å². The molecule has 0 saturated carbocycles. The minimum absolute atomic E-state index is 0.0103. The number of benzene rings is 2. The zero-order valence-corrected chi connectivity index (χ0v) is 15.9. The SMILES string of the molecule is CC(C)(C)[Si](OCC/C=C/CO)(c1ccccc1)c1ccccc1. The third kappa shape index (κ3) is 4.04. The van der Waals surface area contributed by atoms with Crippen LogP contribution in [0.15, 0.2) is 72.8 Å². The van der Waals surface area contributed by atoms with E-state index in [4.69, 9.17) is 9.53 Å². The lowest BCUT2D eigenvalue weighted by molar-refractivity contribution is 0.303. The van der Waals surface area contributed by atoms with E-state index < -0.39 is 8.32 Å². The second-order valence-corrected chi connectivity index (χ2v) is 11.3. The highest BCUT2D eigenvalue weighted by atomic mass is 28.4. The number of aliphatic hydroxyl groups excluding tert-OH is 1. The van der Waals surface area contributed by atoms with E-state index in [9.17, 15) is 0 Å². The highest BCUT2D eigenvalue weighted by Crippen LogP contribution is 2.36. The normalized spacial score (nSPS) is 12.7. The molecule has 2 aromatic carbocycles. The van der Waals surface area contributed by atoms with E-state index in [-0.39, 0.29) is 11.6 Å². The molecular formula is C21H28O2Si. The van der Waals surface area contributed by atoms with Crippen molar-refractivity contribution < 1.29 is 9.53 Å². The smallest absolute Gasteiger partial charge is 0.261 e. The monoisotopic (exact) mass is 340 g/mol. The Bertz CT molecular complexity index is 590. The summed E-state index contributed by atoms with van der Waals surface area (Å²) >= 11 is 0. The maximum atomic E-state index is 8.89. The van der Waals surface area contributed by atoms with Crippen molar-refractivity contribution >= 4 is 18.7 Å². The van der Waals surface area contributed by atoms with Crippen molar-refractivity contribution in [2.75, 3.05) is 13.2 Å². The van der Waals surface area contributed by atoms with Crippen LogP contribution < -0.4 is 10.4 Å². The quantitative estimate of drug-likeness (QED) is 0.475. The summed E-state index contributed by atoms with van der Waals surface area (Å²) < 4.78 is 6.72. The van der Waals surface area contributed by atoms with Crippen LogP contribution in [0.3, 0.4) is 0 Å².